The maximum absolute atomic E-state index is 12.6. The van der Waals surface area contributed by atoms with Crippen molar-refractivity contribution in [3.63, 3.8) is 0 Å². The Hall–Kier alpha value is -2.34. The second-order valence-electron chi connectivity index (χ2n) is 6.96. The molecule has 134 valence electrons. The van der Waals surface area contributed by atoms with E-state index in [4.69, 9.17) is 4.74 Å². The van der Waals surface area contributed by atoms with Gasteiger partial charge < -0.3 is 14.7 Å². The van der Waals surface area contributed by atoms with E-state index in [9.17, 15) is 9.90 Å². The molecule has 1 amide bonds. The van der Waals surface area contributed by atoms with E-state index in [1.54, 1.807) is 28.9 Å². The summed E-state index contributed by atoms with van der Waals surface area (Å²) in [5.41, 5.74) is 1.72. The minimum Gasteiger partial charge on any atom is -0.491 e. The number of aromatic nitrogens is 2. The Labute approximate surface area is 148 Å². The zero-order valence-electron chi connectivity index (χ0n) is 15.0. The van der Waals surface area contributed by atoms with Gasteiger partial charge in [-0.05, 0) is 56.0 Å². The lowest BCUT2D eigenvalue weighted by Crippen LogP contribution is -2.53. The van der Waals surface area contributed by atoms with Crippen molar-refractivity contribution in [3.8, 4) is 5.75 Å². The Balaban J connectivity index is 1.64. The zero-order valence-corrected chi connectivity index (χ0v) is 15.0. The molecule has 1 aromatic carbocycles. The summed E-state index contributed by atoms with van der Waals surface area (Å²) in [6.45, 7) is 5.13. The van der Waals surface area contributed by atoms with Gasteiger partial charge in [-0.3, -0.25) is 9.48 Å². The summed E-state index contributed by atoms with van der Waals surface area (Å²) >= 11 is 0. The lowest BCUT2D eigenvalue weighted by atomic mass is 9.93. The number of carbonyl (C=O) groups excluding carboxylic acids is 1. The zero-order chi connectivity index (χ0) is 18.0. The topological polar surface area (TPSA) is 67.6 Å². The van der Waals surface area contributed by atoms with Gasteiger partial charge in [0, 0.05) is 19.8 Å². The fourth-order valence-corrected chi connectivity index (χ4v) is 3.12. The Morgan fingerprint density at radius 1 is 1.32 bits per heavy atom. The second kappa shape index (κ2) is 6.88. The highest BCUT2D eigenvalue weighted by molar-refractivity contribution is 5.92. The molecule has 2 aromatic rings. The molecule has 2 heterocycles. The average molecular weight is 343 g/mol. The Kier molecular flexibility index (Phi) is 4.81. The number of aliphatic hydroxyl groups is 1. The maximum Gasteiger partial charge on any atom is 0.274 e. The van der Waals surface area contributed by atoms with E-state index < -0.39 is 5.60 Å². The van der Waals surface area contributed by atoms with Gasteiger partial charge in [-0.2, -0.15) is 5.10 Å². The van der Waals surface area contributed by atoms with Crippen molar-refractivity contribution in [3.05, 3.63) is 47.3 Å². The van der Waals surface area contributed by atoms with Gasteiger partial charge in [0.1, 0.15) is 23.7 Å². The normalized spacial score (nSPS) is 20.6. The smallest absolute Gasteiger partial charge is 0.274 e. The molecule has 0 aliphatic carbocycles. The van der Waals surface area contributed by atoms with Crippen molar-refractivity contribution < 1.29 is 14.6 Å². The van der Waals surface area contributed by atoms with Crippen LogP contribution in [0.3, 0.4) is 0 Å². The molecular formula is C19H25N3O3. The van der Waals surface area contributed by atoms with Gasteiger partial charge >= 0.3 is 0 Å². The van der Waals surface area contributed by atoms with Crippen LogP contribution in [0.2, 0.25) is 0 Å². The molecule has 6 heteroatoms. The molecule has 0 saturated carbocycles. The van der Waals surface area contributed by atoms with Crippen molar-refractivity contribution in [1.82, 2.24) is 14.7 Å². The second-order valence-corrected chi connectivity index (χ2v) is 6.96. The van der Waals surface area contributed by atoms with Crippen molar-refractivity contribution in [1.29, 1.82) is 0 Å². The summed E-state index contributed by atoms with van der Waals surface area (Å²) in [5.74, 6) is 0.592. The molecule has 1 aromatic heterocycles. The number of likely N-dealkylation sites (tertiary alicyclic amines) is 1. The van der Waals surface area contributed by atoms with Gasteiger partial charge in [-0.15, -0.1) is 0 Å². The van der Waals surface area contributed by atoms with E-state index in [-0.39, 0.29) is 19.1 Å². The molecule has 0 radical (unpaired) electrons. The average Bonchev–Trinajstić information content (AvgIpc) is 3.02. The van der Waals surface area contributed by atoms with E-state index in [0.717, 1.165) is 17.7 Å². The van der Waals surface area contributed by atoms with Crippen LogP contribution >= 0.6 is 0 Å². The van der Waals surface area contributed by atoms with Crippen LogP contribution < -0.4 is 4.74 Å². The highest BCUT2D eigenvalue weighted by Gasteiger charge is 2.36. The first-order valence-electron chi connectivity index (χ1n) is 8.58. The summed E-state index contributed by atoms with van der Waals surface area (Å²) in [4.78, 5) is 14.2. The van der Waals surface area contributed by atoms with Crippen LogP contribution in [-0.4, -0.2) is 51.0 Å². The third-order valence-electron chi connectivity index (χ3n) is 4.76. The molecule has 1 aliphatic heterocycles. The highest BCUT2D eigenvalue weighted by atomic mass is 16.5. The van der Waals surface area contributed by atoms with E-state index in [2.05, 4.69) is 12.0 Å². The maximum atomic E-state index is 12.6. The van der Waals surface area contributed by atoms with Crippen LogP contribution in [0.4, 0.5) is 0 Å². The van der Waals surface area contributed by atoms with E-state index in [1.807, 2.05) is 25.1 Å². The van der Waals surface area contributed by atoms with Crippen LogP contribution in [-0.2, 0) is 7.05 Å². The molecule has 1 fully saturated rings. The number of piperidine rings is 1. The third kappa shape index (κ3) is 4.02. The van der Waals surface area contributed by atoms with Crippen molar-refractivity contribution in [2.45, 2.75) is 32.3 Å². The molecule has 1 saturated heterocycles. The number of aryl methyl sites for hydroxylation is 3. The number of hydrogen-bond acceptors (Lipinski definition) is 4. The molecule has 1 atom stereocenters. The van der Waals surface area contributed by atoms with Crippen LogP contribution in [0.1, 0.15) is 34.5 Å². The first-order valence-corrected chi connectivity index (χ1v) is 8.58. The fraction of sp³-hybridized carbons (Fsp3) is 0.474. The number of carbonyl (C=O) groups is 1. The number of hydrogen-bond donors (Lipinski definition) is 1. The van der Waals surface area contributed by atoms with Crippen molar-refractivity contribution >= 4 is 5.91 Å². The van der Waals surface area contributed by atoms with E-state index >= 15 is 0 Å². The SMILES string of the molecule is Cc1ccc(OCC2(O)CCCN(C(=O)c3ccn(C)n3)C2)cc1C. The summed E-state index contributed by atoms with van der Waals surface area (Å²) < 4.78 is 7.42. The minimum atomic E-state index is -1.04. The molecule has 1 unspecified atom stereocenters. The minimum absolute atomic E-state index is 0.148. The standard InChI is InChI=1S/C19H25N3O3/c1-14-5-6-16(11-15(14)2)25-13-19(24)8-4-9-22(12-19)18(23)17-7-10-21(3)20-17/h5-7,10-11,24H,4,8-9,12-13H2,1-3H3. The largest absolute Gasteiger partial charge is 0.491 e. The lowest BCUT2D eigenvalue weighted by molar-refractivity contribution is -0.0533. The predicted octanol–water partition coefficient (Wildman–Crippen LogP) is 2.08. The van der Waals surface area contributed by atoms with Crippen LogP contribution in [0.25, 0.3) is 0 Å². The van der Waals surface area contributed by atoms with Crippen molar-refractivity contribution in [2.24, 2.45) is 7.05 Å². The quantitative estimate of drug-likeness (QED) is 0.923. The summed E-state index contributed by atoms with van der Waals surface area (Å²) in [7, 11) is 1.78. The van der Waals surface area contributed by atoms with Crippen LogP contribution in [0.15, 0.2) is 30.5 Å². The molecule has 0 bridgehead atoms. The molecule has 25 heavy (non-hydrogen) atoms. The Bertz CT molecular complexity index is 771. The molecular weight excluding hydrogens is 318 g/mol. The van der Waals surface area contributed by atoms with Crippen molar-refractivity contribution in [2.75, 3.05) is 19.7 Å². The lowest BCUT2D eigenvalue weighted by Gasteiger charge is -2.38. The van der Waals surface area contributed by atoms with E-state index in [0.29, 0.717) is 18.7 Å². The molecule has 0 spiro atoms. The molecule has 6 nitrogen and oxygen atoms in total. The number of ether oxygens (including phenoxy) is 1. The highest BCUT2D eigenvalue weighted by Crippen LogP contribution is 2.25. The van der Waals surface area contributed by atoms with Gasteiger partial charge in [0.15, 0.2) is 0 Å². The number of rotatable bonds is 4. The molecule has 1 aliphatic rings. The van der Waals surface area contributed by atoms with E-state index in [1.165, 1.54) is 5.56 Å². The van der Waals surface area contributed by atoms with Crippen LogP contribution in [0.5, 0.6) is 5.75 Å². The van der Waals surface area contributed by atoms with Gasteiger partial charge in [-0.1, -0.05) is 6.07 Å². The third-order valence-corrected chi connectivity index (χ3v) is 4.76. The van der Waals surface area contributed by atoms with Gasteiger partial charge in [-0.25, -0.2) is 0 Å². The summed E-state index contributed by atoms with van der Waals surface area (Å²) in [6.07, 6.45) is 3.10. The Morgan fingerprint density at radius 2 is 2.12 bits per heavy atom. The first kappa shape index (κ1) is 17.5. The summed E-state index contributed by atoms with van der Waals surface area (Å²) in [5, 5.41) is 15.0. The Morgan fingerprint density at radius 3 is 2.80 bits per heavy atom. The number of β-amino-alcohol motifs (C(OH)–C–C–N with tert-alkyl or cyclic N) is 1. The fourth-order valence-electron chi connectivity index (χ4n) is 3.12. The van der Waals surface area contributed by atoms with Crippen LogP contribution in [0, 0.1) is 13.8 Å². The monoisotopic (exact) mass is 343 g/mol. The molecule has 3 rings (SSSR count). The number of benzene rings is 1. The predicted molar refractivity (Wildman–Crippen MR) is 94.7 cm³/mol. The number of nitrogens with zero attached hydrogens (tertiary/aromatic N) is 3. The number of amides is 1. The summed E-state index contributed by atoms with van der Waals surface area (Å²) in [6, 6.07) is 7.58. The van der Waals surface area contributed by atoms with Gasteiger partial charge in [0.05, 0.1) is 6.54 Å². The first-order chi connectivity index (χ1) is 11.9. The molecule has 1 N–H and O–H groups in total. The van der Waals surface area contributed by atoms with Gasteiger partial charge in [0.25, 0.3) is 5.91 Å². The van der Waals surface area contributed by atoms with Gasteiger partial charge in [0.2, 0.25) is 0 Å².